The molecule has 1 saturated carbocycles. The molecule has 1 fully saturated rings. The van der Waals surface area contributed by atoms with Gasteiger partial charge in [0.15, 0.2) is 0 Å². The molecule has 10 heavy (non-hydrogen) atoms. The molecule has 0 heterocycles. The van der Waals surface area contributed by atoms with Crippen LogP contribution in [-0.2, 0) is 9.73 Å². The summed E-state index contributed by atoms with van der Waals surface area (Å²) in [5.74, 6) is 0.760. The fraction of sp³-hybridized carbons (Fsp3) is 1.00. The zero-order valence-electron chi connectivity index (χ0n) is 6.59. The second-order valence-electron chi connectivity index (χ2n) is 3.27. The lowest BCUT2D eigenvalue weighted by atomic mass is 9.83. The van der Waals surface area contributed by atoms with E-state index in [2.05, 4.69) is 6.92 Å². The molecule has 1 atom stereocenters. The summed E-state index contributed by atoms with van der Waals surface area (Å²) in [6.07, 6.45) is 4.79. The summed E-state index contributed by atoms with van der Waals surface area (Å²) >= 11 is 0. The van der Waals surface area contributed by atoms with Crippen LogP contribution in [0.2, 0.25) is 0 Å². The molecule has 1 N–H and O–H groups in total. The summed E-state index contributed by atoms with van der Waals surface area (Å²) in [5.41, 5.74) is 0. The minimum absolute atomic E-state index is 0.206. The van der Waals surface area contributed by atoms with Crippen LogP contribution in [0.1, 0.15) is 26.2 Å². The van der Waals surface area contributed by atoms with Gasteiger partial charge < -0.3 is 0 Å². The zero-order chi connectivity index (χ0) is 7.78. The van der Waals surface area contributed by atoms with E-state index in [0.717, 1.165) is 18.8 Å². The minimum atomic E-state index is -2.21. The molecule has 1 aliphatic rings. The lowest BCUT2D eigenvalue weighted by Crippen LogP contribution is -2.34. The van der Waals surface area contributed by atoms with E-state index in [1.54, 1.807) is 6.26 Å². The fourth-order valence-electron chi connectivity index (χ4n) is 1.38. The van der Waals surface area contributed by atoms with Crippen molar-refractivity contribution in [3.63, 3.8) is 0 Å². The monoisotopic (exact) mass is 161 g/mol. The fourth-order valence-corrected chi connectivity index (χ4v) is 2.65. The highest BCUT2D eigenvalue weighted by atomic mass is 32.2. The Kier molecular flexibility index (Phi) is 2.04. The molecular formula is C7H15NOS. The molecule has 0 radical (unpaired) electrons. The quantitative estimate of drug-likeness (QED) is 0.659. The number of rotatable bonds is 2. The molecule has 1 unspecified atom stereocenters. The van der Waals surface area contributed by atoms with Crippen LogP contribution in [0.3, 0.4) is 0 Å². The maximum Gasteiger partial charge on any atom is 0.0441 e. The number of nitrogens with one attached hydrogen (secondary N) is 1. The van der Waals surface area contributed by atoms with Crippen molar-refractivity contribution in [2.24, 2.45) is 5.92 Å². The lowest BCUT2D eigenvalue weighted by molar-refractivity contribution is 0.313. The number of hydrogen-bond donors (Lipinski definition) is 1. The summed E-state index contributed by atoms with van der Waals surface area (Å²) in [4.78, 5) is 0. The van der Waals surface area contributed by atoms with E-state index in [1.807, 2.05) is 0 Å². The van der Waals surface area contributed by atoms with Gasteiger partial charge in [-0.05, 0) is 18.8 Å². The molecule has 0 aromatic rings. The Morgan fingerprint density at radius 3 is 2.40 bits per heavy atom. The molecule has 0 spiro atoms. The SMILES string of the molecule is CC[C@H]1C[C@@H](S(C)(=N)=O)C1. The third-order valence-corrected chi connectivity index (χ3v) is 4.06. The normalized spacial score (nSPS) is 38.2. The van der Waals surface area contributed by atoms with Crippen molar-refractivity contribution >= 4 is 9.73 Å². The van der Waals surface area contributed by atoms with Crippen LogP contribution in [0.25, 0.3) is 0 Å². The van der Waals surface area contributed by atoms with E-state index in [0.29, 0.717) is 0 Å². The maximum absolute atomic E-state index is 11.1. The highest BCUT2D eigenvalue weighted by Crippen LogP contribution is 2.34. The maximum atomic E-state index is 11.1. The van der Waals surface area contributed by atoms with Crippen LogP contribution in [0.4, 0.5) is 0 Å². The summed E-state index contributed by atoms with van der Waals surface area (Å²) in [5, 5.41) is 0.206. The average molecular weight is 161 g/mol. The second-order valence-corrected chi connectivity index (χ2v) is 5.75. The Morgan fingerprint density at radius 2 is 2.10 bits per heavy atom. The van der Waals surface area contributed by atoms with Crippen LogP contribution in [0.15, 0.2) is 0 Å². The Labute approximate surface area is 63.0 Å². The van der Waals surface area contributed by atoms with Crippen molar-refractivity contribution in [3.8, 4) is 0 Å². The average Bonchev–Trinajstić information content (AvgIpc) is 1.57. The smallest absolute Gasteiger partial charge is 0.0441 e. The van der Waals surface area contributed by atoms with Gasteiger partial charge in [0.2, 0.25) is 0 Å². The standard InChI is InChI=1S/C7H15NOS/c1-3-6-4-7(5-6)10(2,8)9/h6-8H,3-5H2,1-2H3/t6-,7+,10?. The predicted molar refractivity (Wildman–Crippen MR) is 43.6 cm³/mol. The lowest BCUT2D eigenvalue weighted by Gasteiger charge is -2.34. The topological polar surface area (TPSA) is 40.9 Å². The molecule has 1 aliphatic carbocycles. The summed E-state index contributed by atoms with van der Waals surface area (Å²) in [6.45, 7) is 2.16. The highest BCUT2D eigenvalue weighted by Gasteiger charge is 2.32. The molecule has 0 aromatic heterocycles. The van der Waals surface area contributed by atoms with Gasteiger partial charge in [0.05, 0.1) is 0 Å². The Hall–Kier alpha value is -0.0500. The molecule has 60 valence electrons. The van der Waals surface area contributed by atoms with Gasteiger partial charge in [0.25, 0.3) is 0 Å². The molecule has 0 bridgehead atoms. The molecule has 3 heteroatoms. The van der Waals surface area contributed by atoms with Crippen LogP contribution >= 0.6 is 0 Å². The Morgan fingerprint density at radius 1 is 1.60 bits per heavy atom. The highest BCUT2D eigenvalue weighted by molar-refractivity contribution is 7.92. The number of hydrogen-bond acceptors (Lipinski definition) is 2. The van der Waals surface area contributed by atoms with Crippen LogP contribution in [0.5, 0.6) is 0 Å². The molecule has 0 amide bonds. The first-order valence-corrected chi connectivity index (χ1v) is 5.79. The third kappa shape index (κ3) is 1.51. The van der Waals surface area contributed by atoms with Crippen LogP contribution in [-0.4, -0.2) is 15.7 Å². The van der Waals surface area contributed by atoms with Crippen molar-refractivity contribution in [3.05, 3.63) is 0 Å². The van der Waals surface area contributed by atoms with Gasteiger partial charge in [-0.25, -0.2) is 4.21 Å². The van der Waals surface area contributed by atoms with Gasteiger partial charge in [-0.3, -0.25) is 4.78 Å². The molecule has 0 aromatic carbocycles. The van der Waals surface area contributed by atoms with E-state index in [4.69, 9.17) is 4.78 Å². The van der Waals surface area contributed by atoms with Crippen molar-refractivity contribution in [2.45, 2.75) is 31.4 Å². The summed E-state index contributed by atoms with van der Waals surface area (Å²) < 4.78 is 18.4. The van der Waals surface area contributed by atoms with Gasteiger partial charge >= 0.3 is 0 Å². The van der Waals surface area contributed by atoms with E-state index in [-0.39, 0.29) is 5.25 Å². The first-order chi connectivity index (χ1) is 4.54. The molecule has 2 nitrogen and oxygen atoms in total. The van der Waals surface area contributed by atoms with E-state index >= 15 is 0 Å². The van der Waals surface area contributed by atoms with Gasteiger partial charge in [-0.15, -0.1) is 0 Å². The summed E-state index contributed by atoms with van der Waals surface area (Å²) in [6, 6.07) is 0. The van der Waals surface area contributed by atoms with E-state index < -0.39 is 9.73 Å². The van der Waals surface area contributed by atoms with Gasteiger partial charge in [-0.2, -0.15) is 0 Å². The van der Waals surface area contributed by atoms with Crippen molar-refractivity contribution in [1.29, 1.82) is 4.78 Å². The Bertz CT molecular complexity index is 202. The first-order valence-electron chi connectivity index (χ1n) is 3.76. The Balaban J connectivity index is 2.41. The first kappa shape index (κ1) is 8.05. The van der Waals surface area contributed by atoms with Gasteiger partial charge in [-0.1, -0.05) is 13.3 Å². The van der Waals surface area contributed by atoms with Crippen molar-refractivity contribution < 1.29 is 4.21 Å². The second kappa shape index (κ2) is 2.53. The molecule has 0 saturated heterocycles. The third-order valence-electron chi connectivity index (χ3n) is 2.41. The zero-order valence-corrected chi connectivity index (χ0v) is 7.41. The molecule has 0 aliphatic heterocycles. The largest absolute Gasteiger partial charge is 0.253 e. The van der Waals surface area contributed by atoms with Gasteiger partial charge in [0, 0.05) is 21.2 Å². The van der Waals surface area contributed by atoms with Gasteiger partial charge in [0.1, 0.15) is 0 Å². The van der Waals surface area contributed by atoms with Crippen molar-refractivity contribution in [1.82, 2.24) is 0 Å². The molecular weight excluding hydrogens is 146 g/mol. The molecule has 1 rings (SSSR count). The van der Waals surface area contributed by atoms with E-state index in [9.17, 15) is 4.21 Å². The van der Waals surface area contributed by atoms with Crippen LogP contribution < -0.4 is 0 Å². The minimum Gasteiger partial charge on any atom is -0.253 e. The van der Waals surface area contributed by atoms with Crippen molar-refractivity contribution in [2.75, 3.05) is 6.26 Å². The van der Waals surface area contributed by atoms with Crippen LogP contribution in [0, 0.1) is 10.7 Å². The van der Waals surface area contributed by atoms with E-state index in [1.165, 1.54) is 6.42 Å². The summed E-state index contributed by atoms with van der Waals surface area (Å²) in [7, 11) is -2.21. The predicted octanol–water partition coefficient (Wildman–Crippen LogP) is 1.85.